The first-order valence-corrected chi connectivity index (χ1v) is 7.74. The molecule has 0 aromatic carbocycles. The fourth-order valence-electron chi connectivity index (χ4n) is 2.78. The van der Waals surface area contributed by atoms with Gasteiger partial charge in [-0.25, -0.2) is 0 Å². The normalized spacial score (nSPS) is 18.4. The first kappa shape index (κ1) is 15.3. The van der Waals surface area contributed by atoms with Crippen molar-refractivity contribution in [2.45, 2.75) is 71.9 Å². The molecule has 0 amide bonds. The summed E-state index contributed by atoms with van der Waals surface area (Å²) in [5.41, 5.74) is 0.483. The van der Waals surface area contributed by atoms with Crippen molar-refractivity contribution in [2.75, 3.05) is 11.9 Å². The van der Waals surface area contributed by atoms with Crippen LogP contribution in [0.1, 0.15) is 65.7 Å². The van der Waals surface area contributed by atoms with Crippen LogP contribution in [-0.4, -0.2) is 22.3 Å². The highest BCUT2D eigenvalue weighted by Gasteiger charge is 2.32. The summed E-state index contributed by atoms with van der Waals surface area (Å²) in [5, 5.41) is 14.8. The molecule has 1 saturated carbocycles. The second-order valence-corrected chi connectivity index (χ2v) is 7.02. The van der Waals surface area contributed by atoms with Crippen molar-refractivity contribution in [3.05, 3.63) is 5.89 Å². The van der Waals surface area contributed by atoms with Gasteiger partial charge in [0.2, 0.25) is 5.89 Å². The molecule has 1 aliphatic rings. The van der Waals surface area contributed by atoms with Crippen LogP contribution in [0.2, 0.25) is 0 Å². The molecule has 1 heterocycles. The predicted molar refractivity (Wildman–Crippen MR) is 80.6 cm³/mol. The topological polar surface area (TPSA) is 63.0 Å². The lowest BCUT2D eigenvalue weighted by Gasteiger charge is -2.26. The Hall–Kier alpha value is -1.10. The molecule has 0 bridgehead atoms. The summed E-state index contributed by atoms with van der Waals surface area (Å²) >= 11 is 0. The molecule has 0 atom stereocenters. The molecule has 0 aliphatic heterocycles. The van der Waals surface area contributed by atoms with Gasteiger partial charge in [-0.2, -0.15) is 0 Å². The average Bonchev–Trinajstić information content (AvgIpc) is 3.03. The molecule has 2 N–H and O–H groups in total. The zero-order valence-corrected chi connectivity index (χ0v) is 13.3. The van der Waals surface area contributed by atoms with E-state index in [4.69, 9.17) is 4.42 Å². The van der Waals surface area contributed by atoms with E-state index in [0.717, 1.165) is 6.54 Å². The molecule has 1 fully saturated rings. The van der Waals surface area contributed by atoms with Gasteiger partial charge in [0.1, 0.15) is 0 Å². The summed E-state index contributed by atoms with van der Waals surface area (Å²) in [6, 6.07) is 0.551. The quantitative estimate of drug-likeness (QED) is 0.836. The first-order valence-electron chi connectivity index (χ1n) is 7.74. The molecule has 0 saturated heterocycles. The van der Waals surface area contributed by atoms with E-state index >= 15 is 0 Å². The lowest BCUT2D eigenvalue weighted by Crippen LogP contribution is -2.35. The van der Waals surface area contributed by atoms with Crippen LogP contribution in [0.25, 0.3) is 0 Å². The van der Waals surface area contributed by atoms with Gasteiger partial charge in [0, 0.05) is 12.1 Å². The lowest BCUT2D eigenvalue weighted by molar-refractivity contribution is 0.303. The van der Waals surface area contributed by atoms with Crippen molar-refractivity contribution >= 4 is 6.01 Å². The molecule has 1 aromatic rings. The van der Waals surface area contributed by atoms with Crippen LogP contribution in [0.5, 0.6) is 0 Å². The minimum Gasteiger partial charge on any atom is -0.407 e. The highest BCUT2D eigenvalue weighted by Crippen LogP contribution is 2.40. The van der Waals surface area contributed by atoms with Gasteiger partial charge in [0.05, 0.1) is 6.54 Å². The van der Waals surface area contributed by atoms with Crippen LogP contribution in [0.15, 0.2) is 4.42 Å². The van der Waals surface area contributed by atoms with E-state index in [2.05, 4.69) is 48.5 Å². The Labute approximate surface area is 121 Å². The highest BCUT2D eigenvalue weighted by molar-refractivity contribution is 5.18. The van der Waals surface area contributed by atoms with Crippen molar-refractivity contribution < 1.29 is 4.42 Å². The summed E-state index contributed by atoms with van der Waals surface area (Å²) in [7, 11) is 0. The highest BCUT2D eigenvalue weighted by atomic mass is 16.4. The van der Waals surface area contributed by atoms with E-state index < -0.39 is 0 Å². The number of rotatable bonds is 6. The number of nitrogens with one attached hydrogen (secondary N) is 2. The largest absolute Gasteiger partial charge is 0.407 e. The average molecular weight is 280 g/mol. The fraction of sp³-hybridized carbons (Fsp3) is 0.867. The van der Waals surface area contributed by atoms with Crippen LogP contribution >= 0.6 is 0 Å². The fourth-order valence-corrected chi connectivity index (χ4v) is 2.78. The third-order valence-corrected chi connectivity index (χ3v) is 4.27. The van der Waals surface area contributed by atoms with Gasteiger partial charge in [-0.1, -0.05) is 24.9 Å². The molecule has 0 unspecified atom stereocenters. The van der Waals surface area contributed by atoms with Crippen LogP contribution in [0.3, 0.4) is 0 Å². The Kier molecular flexibility index (Phi) is 4.68. The number of nitrogens with zero attached hydrogens (tertiary/aromatic N) is 2. The molecule has 0 radical (unpaired) electrons. The zero-order chi connectivity index (χ0) is 14.6. The second-order valence-electron chi connectivity index (χ2n) is 7.02. The van der Waals surface area contributed by atoms with Gasteiger partial charge in [-0.05, 0) is 45.4 Å². The Balaban J connectivity index is 1.83. The second kappa shape index (κ2) is 6.12. The Morgan fingerprint density at radius 1 is 1.20 bits per heavy atom. The maximum atomic E-state index is 5.63. The van der Waals surface area contributed by atoms with Gasteiger partial charge in [0.15, 0.2) is 0 Å². The Morgan fingerprint density at radius 3 is 2.50 bits per heavy atom. The molecular formula is C15H28N4O. The van der Waals surface area contributed by atoms with E-state index in [-0.39, 0.29) is 5.54 Å². The molecule has 0 spiro atoms. The molecule has 20 heavy (non-hydrogen) atoms. The van der Waals surface area contributed by atoms with Gasteiger partial charge in [-0.15, -0.1) is 5.10 Å². The SMILES string of the molecule is CCC1(CNc2nnc(CNC(C)(C)C)o2)CCCC1. The number of anilines is 1. The predicted octanol–water partition coefficient (Wildman–Crippen LogP) is 3.34. The van der Waals surface area contributed by atoms with E-state index in [1.165, 1.54) is 32.1 Å². The Morgan fingerprint density at radius 2 is 1.90 bits per heavy atom. The molecule has 1 aromatic heterocycles. The molecular weight excluding hydrogens is 252 g/mol. The summed E-state index contributed by atoms with van der Waals surface area (Å²) in [4.78, 5) is 0. The molecule has 114 valence electrons. The lowest BCUT2D eigenvalue weighted by atomic mass is 9.83. The summed E-state index contributed by atoms with van der Waals surface area (Å²) in [5.74, 6) is 0.638. The van der Waals surface area contributed by atoms with Crippen molar-refractivity contribution in [1.29, 1.82) is 0 Å². The van der Waals surface area contributed by atoms with Gasteiger partial charge >= 0.3 is 6.01 Å². The van der Waals surface area contributed by atoms with Crippen LogP contribution in [-0.2, 0) is 6.54 Å². The van der Waals surface area contributed by atoms with Crippen LogP contribution in [0, 0.1) is 5.41 Å². The van der Waals surface area contributed by atoms with Crippen molar-refractivity contribution in [3.63, 3.8) is 0 Å². The van der Waals surface area contributed by atoms with E-state index in [9.17, 15) is 0 Å². The van der Waals surface area contributed by atoms with E-state index in [1.54, 1.807) is 0 Å². The number of hydrogen-bond acceptors (Lipinski definition) is 5. The zero-order valence-electron chi connectivity index (χ0n) is 13.3. The van der Waals surface area contributed by atoms with Gasteiger partial charge < -0.3 is 15.1 Å². The third-order valence-electron chi connectivity index (χ3n) is 4.27. The minimum absolute atomic E-state index is 0.0537. The smallest absolute Gasteiger partial charge is 0.315 e. The number of aromatic nitrogens is 2. The first-order chi connectivity index (χ1) is 9.42. The van der Waals surface area contributed by atoms with Crippen molar-refractivity contribution in [1.82, 2.24) is 15.5 Å². The van der Waals surface area contributed by atoms with E-state index in [0.29, 0.717) is 23.9 Å². The van der Waals surface area contributed by atoms with Gasteiger partial charge in [0.25, 0.3) is 0 Å². The summed E-state index contributed by atoms with van der Waals surface area (Å²) in [6.07, 6.45) is 6.53. The molecule has 5 heteroatoms. The minimum atomic E-state index is 0.0537. The van der Waals surface area contributed by atoms with E-state index in [1.807, 2.05) is 0 Å². The van der Waals surface area contributed by atoms with Gasteiger partial charge in [-0.3, -0.25) is 0 Å². The Bertz CT molecular complexity index is 416. The third kappa shape index (κ3) is 4.20. The summed E-state index contributed by atoms with van der Waals surface area (Å²) < 4.78 is 5.63. The van der Waals surface area contributed by atoms with Crippen molar-refractivity contribution in [3.8, 4) is 0 Å². The number of hydrogen-bond donors (Lipinski definition) is 2. The standard InChI is InChI=1S/C15H28N4O/c1-5-15(8-6-7-9-15)11-16-13-19-18-12(20-13)10-17-14(2,3)4/h17H,5-11H2,1-4H3,(H,16,19). The van der Waals surface area contributed by atoms with Crippen molar-refractivity contribution in [2.24, 2.45) is 5.41 Å². The maximum Gasteiger partial charge on any atom is 0.315 e. The molecule has 2 rings (SSSR count). The van der Waals surface area contributed by atoms with Crippen LogP contribution in [0.4, 0.5) is 6.01 Å². The summed E-state index contributed by atoms with van der Waals surface area (Å²) in [6.45, 7) is 10.2. The van der Waals surface area contributed by atoms with Crippen LogP contribution < -0.4 is 10.6 Å². The molecule has 5 nitrogen and oxygen atoms in total. The maximum absolute atomic E-state index is 5.63. The molecule has 1 aliphatic carbocycles. The monoisotopic (exact) mass is 280 g/mol.